The number of amides is 2. The topological polar surface area (TPSA) is 78.1 Å². The Balaban J connectivity index is 1.54. The van der Waals surface area contributed by atoms with Gasteiger partial charge in [-0.05, 0) is 42.3 Å². The van der Waals surface area contributed by atoms with Crippen molar-refractivity contribution in [3.63, 3.8) is 0 Å². The number of hydrogen-bond acceptors (Lipinski definition) is 3. The van der Waals surface area contributed by atoms with E-state index in [0.29, 0.717) is 30.8 Å². The number of carbonyl (C=O) groups excluding carboxylic acids is 2. The van der Waals surface area contributed by atoms with Crippen LogP contribution in [0.2, 0.25) is 0 Å². The van der Waals surface area contributed by atoms with Crippen LogP contribution in [-0.4, -0.2) is 39.5 Å². The minimum absolute atomic E-state index is 0.0425. The van der Waals surface area contributed by atoms with Crippen LogP contribution < -0.4 is 5.32 Å². The summed E-state index contributed by atoms with van der Waals surface area (Å²) in [6, 6.07) is 11.3. The lowest BCUT2D eigenvalue weighted by atomic mass is 10.0. The van der Waals surface area contributed by atoms with Crippen molar-refractivity contribution in [1.29, 1.82) is 0 Å². The first kappa shape index (κ1) is 19.2. The molecule has 2 aromatic carbocycles. The van der Waals surface area contributed by atoms with E-state index in [-0.39, 0.29) is 17.9 Å². The molecule has 0 saturated carbocycles. The number of nitrogens with one attached hydrogen (secondary N) is 2. The molecule has 6 nitrogen and oxygen atoms in total. The zero-order valence-corrected chi connectivity index (χ0v) is 17.4. The third kappa shape index (κ3) is 3.64. The van der Waals surface area contributed by atoms with Crippen molar-refractivity contribution in [1.82, 2.24) is 20.4 Å². The van der Waals surface area contributed by atoms with E-state index in [1.165, 1.54) is 0 Å². The number of aromatic amines is 1. The monoisotopic (exact) mass is 450 g/mol. The number of fused-ring (bicyclic) bond motifs is 2. The largest absolute Gasteiger partial charge is 0.337 e. The number of hydrogen-bond donors (Lipinski definition) is 2. The fourth-order valence-electron chi connectivity index (χ4n) is 3.55. The van der Waals surface area contributed by atoms with Crippen molar-refractivity contribution in [2.75, 3.05) is 6.54 Å². The molecule has 4 rings (SSSR count). The van der Waals surface area contributed by atoms with Crippen molar-refractivity contribution in [3.05, 3.63) is 63.4 Å². The molecule has 0 fully saturated rings. The number of H-pyrrole nitrogens is 1. The molecular formula is C22H19BrN4O2. The summed E-state index contributed by atoms with van der Waals surface area (Å²) < 4.78 is 0.999. The predicted molar refractivity (Wildman–Crippen MR) is 114 cm³/mol. The summed E-state index contributed by atoms with van der Waals surface area (Å²) in [6.07, 6.45) is 5.88. The van der Waals surface area contributed by atoms with Gasteiger partial charge in [-0.2, -0.15) is 5.10 Å². The number of carbonyl (C=O) groups is 2. The van der Waals surface area contributed by atoms with Crippen LogP contribution in [0, 0.1) is 12.3 Å². The average Bonchev–Trinajstić information content (AvgIpc) is 3.16. The summed E-state index contributed by atoms with van der Waals surface area (Å²) in [5.74, 6) is 2.13. The van der Waals surface area contributed by atoms with Crippen molar-refractivity contribution in [2.24, 2.45) is 0 Å². The van der Waals surface area contributed by atoms with Gasteiger partial charge in [0.2, 0.25) is 0 Å². The molecule has 0 bridgehead atoms. The van der Waals surface area contributed by atoms with E-state index < -0.39 is 0 Å². The summed E-state index contributed by atoms with van der Waals surface area (Å²) in [5.41, 5.74) is 2.62. The number of aromatic nitrogens is 2. The summed E-state index contributed by atoms with van der Waals surface area (Å²) in [7, 11) is 0. The first-order chi connectivity index (χ1) is 14.0. The Labute approximate surface area is 176 Å². The Hall–Kier alpha value is -3.11. The zero-order valence-electron chi connectivity index (χ0n) is 15.8. The predicted octanol–water partition coefficient (Wildman–Crippen LogP) is 3.28. The van der Waals surface area contributed by atoms with E-state index in [9.17, 15) is 9.59 Å². The molecule has 1 aliphatic heterocycles. The van der Waals surface area contributed by atoms with Crippen LogP contribution in [0.5, 0.6) is 0 Å². The molecule has 1 unspecified atom stereocenters. The first-order valence-corrected chi connectivity index (χ1v) is 10.1. The third-order valence-electron chi connectivity index (χ3n) is 5.11. The van der Waals surface area contributed by atoms with Crippen LogP contribution in [0.4, 0.5) is 0 Å². The Kier molecular flexibility index (Phi) is 5.12. The molecule has 0 aliphatic carbocycles. The minimum atomic E-state index is -0.371. The first-order valence-electron chi connectivity index (χ1n) is 9.28. The standard InChI is InChI=1S/C22H19BrN4O2/c1-3-13(2)24-21(28)20-17-9-10-27(12-19(17)25-26-20)22(29)15-7-8-16-14(11-15)5-4-6-18(16)23/h1,4-8,11,13H,9-10,12H2,2H3,(H,24,28)(H,25,26). The number of halogens is 1. The van der Waals surface area contributed by atoms with Crippen LogP contribution >= 0.6 is 15.9 Å². The van der Waals surface area contributed by atoms with Gasteiger partial charge >= 0.3 is 0 Å². The van der Waals surface area contributed by atoms with Crippen molar-refractivity contribution in [2.45, 2.75) is 25.9 Å². The third-order valence-corrected chi connectivity index (χ3v) is 5.80. The van der Waals surface area contributed by atoms with Crippen LogP contribution in [-0.2, 0) is 13.0 Å². The molecule has 1 aromatic heterocycles. The van der Waals surface area contributed by atoms with Gasteiger partial charge in [-0.3, -0.25) is 14.7 Å². The van der Waals surface area contributed by atoms with Crippen LogP contribution in [0.1, 0.15) is 39.0 Å². The Morgan fingerprint density at radius 3 is 2.97 bits per heavy atom. The van der Waals surface area contributed by atoms with Gasteiger partial charge in [0.05, 0.1) is 18.3 Å². The molecule has 1 atom stereocenters. The van der Waals surface area contributed by atoms with E-state index in [0.717, 1.165) is 26.5 Å². The number of terminal acetylenes is 1. The molecule has 146 valence electrons. The molecule has 2 amide bonds. The Morgan fingerprint density at radius 2 is 2.17 bits per heavy atom. The van der Waals surface area contributed by atoms with Crippen LogP contribution in [0.25, 0.3) is 10.8 Å². The lowest BCUT2D eigenvalue weighted by Gasteiger charge is -2.27. The van der Waals surface area contributed by atoms with Gasteiger partial charge in [-0.25, -0.2) is 0 Å². The molecule has 0 saturated heterocycles. The maximum Gasteiger partial charge on any atom is 0.273 e. The molecule has 0 spiro atoms. The highest BCUT2D eigenvalue weighted by Gasteiger charge is 2.28. The lowest BCUT2D eigenvalue weighted by Crippen LogP contribution is -2.37. The number of nitrogens with zero attached hydrogens (tertiary/aromatic N) is 2. The second kappa shape index (κ2) is 7.72. The van der Waals surface area contributed by atoms with E-state index in [4.69, 9.17) is 6.42 Å². The van der Waals surface area contributed by atoms with Crippen molar-refractivity contribution < 1.29 is 9.59 Å². The second-order valence-electron chi connectivity index (χ2n) is 7.04. The molecule has 3 aromatic rings. The highest BCUT2D eigenvalue weighted by atomic mass is 79.9. The SMILES string of the molecule is C#CC(C)NC(=O)c1n[nH]c2c1CCN(C(=O)c1ccc3c(Br)cccc3c1)C2. The summed E-state index contributed by atoms with van der Waals surface area (Å²) in [5, 5.41) is 11.9. The molecule has 2 heterocycles. The maximum atomic E-state index is 13.0. The maximum absolute atomic E-state index is 13.0. The normalized spacial score (nSPS) is 14.2. The highest BCUT2D eigenvalue weighted by molar-refractivity contribution is 9.10. The van der Waals surface area contributed by atoms with Crippen LogP contribution in [0.15, 0.2) is 40.9 Å². The summed E-state index contributed by atoms with van der Waals surface area (Å²) in [4.78, 5) is 27.2. The lowest BCUT2D eigenvalue weighted by molar-refractivity contribution is 0.0732. The zero-order chi connectivity index (χ0) is 20.5. The summed E-state index contributed by atoms with van der Waals surface area (Å²) >= 11 is 3.54. The van der Waals surface area contributed by atoms with Gasteiger partial charge in [-0.15, -0.1) is 6.42 Å². The quantitative estimate of drug-likeness (QED) is 0.601. The van der Waals surface area contributed by atoms with E-state index in [2.05, 4.69) is 37.4 Å². The highest BCUT2D eigenvalue weighted by Crippen LogP contribution is 2.26. The Bertz CT molecular complexity index is 1160. The van der Waals surface area contributed by atoms with Gasteiger partial charge in [0, 0.05) is 22.1 Å². The van der Waals surface area contributed by atoms with E-state index >= 15 is 0 Å². The van der Waals surface area contributed by atoms with Crippen molar-refractivity contribution in [3.8, 4) is 12.3 Å². The van der Waals surface area contributed by atoms with Crippen molar-refractivity contribution >= 4 is 38.5 Å². The molecule has 7 heteroatoms. The molecule has 1 aliphatic rings. The second-order valence-corrected chi connectivity index (χ2v) is 7.90. The van der Waals surface area contributed by atoms with Gasteiger partial charge in [0.15, 0.2) is 5.69 Å². The summed E-state index contributed by atoms with van der Waals surface area (Å²) in [6.45, 7) is 2.64. The van der Waals surface area contributed by atoms with Gasteiger partial charge < -0.3 is 10.2 Å². The minimum Gasteiger partial charge on any atom is -0.337 e. The molecule has 2 N–H and O–H groups in total. The fraction of sp³-hybridized carbons (Fsp3) is 0.227. The molecule has 29 heavy (non-hydrogen) atoms. The number of rotatable bonds is 3. The fourth-order valence-corrected chi connectivity index (χ4v) is 4.06. The Morgan fingerprint density at radius 1 is 1.34 bits per heavy atom. The van der Waals surface area contributed by atoms with Gasteiger partial charge in [0.1, 0.15) is 0 Å². The number of benzene rings is 2. The van der Waals surface area contributed by atoms with E-state index in [1.807, 2.05) is 36.4 Å². The smallest absolute Gasteiger partial charge is 0.273 e. The molecule has 0 radical (unpaired) electrons. The molecular weight excluding hydrogens is 432 g/mol. The van der Waals surface area contributed by atoms with Gasteiger partial charge in [-0.1, -0.05) is 40.0 Å². The van der Waals surface area contributed by atoms with E-state index in [1.54, 1.807) is 11.8 Å². The van der Waals surface area contributed by atoms with Gasteiger partial charge in [0.25, 0.3) is 11.8 Å². The van der Waals surface area contributed by atoms with Crippen LogP contribution in [0.3, 0.4) is 0 Å². The average molecular weight is 451 g/mol.